The smallest absolute Gasteiger partial charge is 0.0458 e. The van der Waals surface area contributed by atoms with Crippen LogP contribution in [0.3, 0.4) is 0 Å². The molecule has 2 atom stereocenters. The van der Waals surface area contributed by atoms with Crippen molar-refractivity contribution in [2.75, 3.05) is 19.6 Å². The predicted molar refractivity (Wildman–Crippen MR) is 85.8 cm³/mol. The van der Waals surface area contributed by atoms with Gasteiger partial charge in [-0.05, 0) is 49.1 Å². The fraction of sp³-hybridized carbons (Fsp3) is 0.500. The van der Waals surface area contributed by atoms with E-state index in [1.165, 1.54) is 48.9 Å². The quantitative estimate of drug-likeness (QED) is 0.884. The molecule has 0 radical (unpaired) electrons. The number of aromatic amines is 1. The minimum absolute atomic E-state index is 0.723. The molecule has 0 spiro atoms. The van der Waals surface area contributed by atoms with Gasteiger partial charge in [-0.3, -0.25) is 4.90 Å². The molecule has 0 bridgehead atoms. The maximum atomic E-state index is 3.68. The summed E-state index contributed by atoms with van der Waals surface area (Å²) in [4.78, 5) is 6.00. The van der Waals surface area contributed by atoms with Crippen LogP contribution in [0.4, 0.5) is 0 Å². The normalized spacial score (nSPS) is 27.1. The molecular formula is C16H20BrN3. The van der Waals surface area contributed by atoms with E-state index in [-0.39, 0.29) is 0 Å². The Balaban J connectivity index is 1.54. The van der Waals surface area contributed by atoms with Crippen molar-refractivity contribution in [3.8, 4) is 0 Å². The van der Waals surface area contributed by atoms with Crippen molar-refractivity contribution in [1.29, 1.82) is 0 Å². The number of benzene rings is 1. The van der Waals surface area contributed by atoms with Crippen LogP contribution in [0.1, 0.15) is 18.4 Å². The summed E-state index contributed by atoms with van der Waals surface area (Å²) in [6.07, 6.45) is 4.91. The van der Waals surface area contributed by atoms with E-state index in [1.807, 2.05) is 0 Å². The molecular weight excluding hydrogens is 314 g/mol. The molecule has 1 aromatic heterocycles. The average molecular weight is 334 g/mol. The molecule has 2 aliphatic rings. The number of hydrogen-bond donors (Lipinski definition) is 2. The first-order valence-electron chi connectivity index (χ1n) is 7.51. The third-order valence-corrected chi connectivity index (χ3v) is 5.29. The van der Waals surface area contributed by atoms with Gasteiger partial charge in [0.15, 0.2) is 0 Å². The monoisotopic (exact) mass is 333 g/mol. The van der Waals surface area contributed by atoms with Gasteiger partial charge in [-0.15, -0.1) is 0 Å². The fourth-order valence-corrected chi connectivity index (χ4v) is 4.15. The van der Waals surface area contributed by atoms with Crippen molar-refractivity contribution in [1.82, 2.24) is 15.2 Å². The van der Waals surface area contributed by atoms with Crippen LogP contribution in [0.5, 0.6) is 0 Å². The largest absolute Gasteiger partial charge is 0.361 e. The molecule has 0 unspecified atom stereocenters. The number of halogens is 1. The second-order valence-corrected chi connectivity index (χ2v) is 7.08. The summed E-state index contributed by atoms with van der Waals surface area (Å²) < 4.78 is 1.16. The highest BCUT2D eigenvalue weighted by Gasteiger charge is 2.34. The van der Waals surface area contributed by atoms with Gasteiger partial charge >= 0.3 is 0 Å². The Kier molecular flexibility index (Phi) is 3.33. The summed E-state index contributed by atoms with van der Waals surface area (Å²) in [5.74, 6) is 0.862. The second-order valence-electron chi connectivity index (χ2n) is 6.16. The number of H-pyrrole nitrogens is 1. The summed E-state index contributed by atoms with van der Waals surface area (Å²) >= 11 is 3.58. The molecule has 106 valence electrons. The van der Waals surface area contributed by atoms with E-state index >= 15 is 0 Å². The maximum Gasteiger partial charge on any atom is 0.0458 e. The Morgan fingerprint density at radius 2 is 2.25 bits per heavy atom. The zero-order valence-electron chi connectivity index (χ0n) is 11.5. The first-order chi connectivity index (χ1) is 9.79. The minimum Gasteiger partial charge on any atom is -0.361 e. The summed E-state index contributed by atoms with van der Waals surface area (Å²) in [5, 5.41) is 5.03. The molecule has 0 saturated carbocycles. The van der Waals surface area contributed by atoms with E-state index in [2.05, 4.69) is 55.5 Å². The van der Waals surface area contributed by atoms with Crippen molar-refractivity contribution in [2.45, 2.75) is 25.4 Å². The Bertz CT molecular complexity index is 607. The summed E-state index contributed by atoms with van der Waals surface area (Å²) in [6.45, 7) is 4.71. The van der Waals surface area contributed by atoms with Crippen LogP contribution in [-0.4, -0.2) is 35.6 Å². The first kappa shape index (κ1) is 12.9. The standard InChI is InChI=1S/C16H20BrN3/c17-13-3-4-15-14(6-13)12(7-19-15)9-20-8-11-2-1-5-18-16(11)10-20/h3-4,6-7,11,16,18-19H,1-2,5,8-10H2/t11-,16+/m0/s1. The Hall–Kier alpha value is -0.840. The van der Waals surface area contributed by atoms with E-state index in [4.69, 9.17) is 0 Å². The molecule has 2 saturated heterocycles. The molecule has 3 nitrogen and oxygen atoms in total. The lowest BCUT2D eigenvalue weighted by atomic mass is 9.94. The maximum absolute atomic E-state index is 3.68. The Morgan fingerprint density at radius 1 is 1.30 bits per heavy atom. The highest BCUT2D eigenvalue weighted by atomic mass is 79.9. The van der Waals surface area contributed by atoms with Gasteiger partial charge in [-0.1, -0.05) is 15.9 Å². The predicted octanol–water partition coefficient (Wildman–Crippen LogP) is 3.11. The number of hydrogen-bond acceptors (Lipinski definition) is 2. The lowest BCUT2D eigenvalue weighted by Gasteiger charge is -2.24. The van der Waals surface area contributed by atoms with Gasteiger partial charge in [0.05, 0.1) is 0 Å². The van der Waals surface area contributed by atoms with E-state index < -0.39 is 0 Å². The molecule has 4 rings (SSSR count). The molecule has 2 aromatic rings. The zero-order valence-corrected chi connectivity index (χ0v) is 13.1. The van der Waals surface area contributed by atoms with E-state index in [9.17, 15) is 0 Å². The van der Waals surface area contributed by atoms with Gasteiger partial charge < -0.3 is 10.3 Å². The number of nitrogens with one attached hydrogen (secondary N) is 2. The first-order valence-corrected chi connectivity index (χ1v) is 8.30. The number of fused-ring (bicyclic) bond motifs is 2. The van der Waals surface area contributed by atoms with Gasteiger partial charge in [-0.25, -0.2) is 0 Å². The van der Waals surface area contributed by atoms with Crippen molar-refractivity contribution in [3.63, 3.8) is 0 Å². The van der Waals surface area contributed by atoms with Crippen molar-refractivity contribution in [2.24, 2.45) is 5.92 Å². The molecule has 20 heavy (non-hydrogen) atoms. The number of aromatic nitrogens is 1. The zero-order chi connectivity index (χ0) is 13.5. The lowest BCUT2D eigenvalue weighted by Crippen LogP contribution is -2.40. The van der Waals surface area contributed by atoms with E-state index in [1.54, 1.807) is 0 Å². The fourth-order valence-electron chi connectivity index (χ4n) is 3.79. The van der Waals surface area contributed by atoms with Gasteiger partial charge in [-0.2, -0.15) is 0 Å². The molecule has 4 heteroatoms. The van der Waals surface area contributed by atoms with Crippen LogP contribution in [0, 0.1) is 5.92 Å². The van der Waals surface area contributed by atoms with Crippen molar-refractivity contribution < 1.29 is 0 Å². The molecule has 3 heterocycles. The average Bonchev–Trinajstić information content (AvgIpc) is 3.03. The van der Waals surface area contributed by atoms with Crippen LogP contribution in [-0.2, 0) is 6.54 Å². The highest BCUT2D eigenvalue weighted by Crippen LogP contribution is 2.28. The van der Waals surface area contributed by atoms with Crippen LogP contribution in [0.25, 0.3) is 10.9 Å². The van der Waals surface area contributed by atoms with Gasteiger partial charge in [0, 0.05) is 47.2 Å². The van der Waals surface area contributed by atoms with Gasteiger partial charge in [0.1, 0.15) is 0 Å². The Morgan fingerprint density at radius 3 is 3.15 bits per heavy atom. The van der Waals surface area contributed by atoms with Crippen LogP contribution < -0.4 is 5.32 Å². The van der Waals surface area contributed by atoms with E-state index in [0.717, 1.165) is 23.0 Å². The molecule has 0 amide bonds. The van der Waals surface area contributed by atoms with Crippen LogP contribution in [0.2, 0.25) is 0 Å². The second kappa shape index (κ2) is 5.17. The lowest BCUT2D eigenvalue weighted by molar-refractivity contribution is 0.313. The molecule has 2 N–H and O–H groups in total. The summed E-state index contributed by atoms with van der Waals surface area (Å²) in [6, 6.07) is 7.19. The van der Waals surface area contributed by atoms with E-state index in [0.29, 0.717) is 0 Å². The number of piperidine rings is 1. The van der Waals surface area contributed by atoms with Crippen LogP contribution >= 0.6 is 15.9 Å². The van der Waals surface area contributed by atoms with Crippen LogP contribution in [0.15, 0.2) is 28.9 Å². The summed E-state index contributed by atoms with van der Waals surface area (Å²) in [7, 11) is 0. The third kappa shape index (κ3) is 2.30. The molecule has 2 aliphatic heterocycles. The SMILES string of the molecule is Brc1ccc2[nH]cc(CN3C[C@@H]4CCCN[C@@H]4C3)c2c1. The third-order valence-electron chi connectivity index (χ3n) is 4.80. The Labute approximate surface area is 127 Å². The summed E-state index contributed by atoms with van der Waals surface area (Å²) in [5.41, 5.74) is 2.65. The number of likely N-dealkylation sites (tertiary alicyclic amines) is 1. The molecule has 0 aliphatic carbocycles. The van der Waals surface area contributed by atoms with Crippen molar-refractivity contribution >= 4 is 26.8 Å². The topological polar surface area (TPSA) is 31.1 Å². The highest BCUT2D eigenvalue weighted by molar-refractivity contribution is 9.10. The minimum atomic E-state index is 0.723. The van der Waals surface area contributed by atoms with Gasteiger partial charge in [0.2, 0.25) is 0 Å². The van der Waals surface area contributed by atoms with Gasteiger partial charge in [0.25, 0.3) is 0 Å². The molecule has 2 fully saturated rings. The number of rotatable bonds is 2. The van der Waals surface area contributed by atoms with Crippen molar-refractivity contribution in [3.05, 3.63) is 34.4 Å². The number of nitrogens with zero attached hydrogens (tertiary/aromatic N) is 1. The molecule has 1 aromatic carbocycles.